The molecule has 176 valence electrons. The number of ketones is 1. The van der Waals surface area contributed by atoms with Crippen LogP contribution in [0.4, 0.5) is 5.69 Å². The average Bonchev–Trinajstić information content (AvgIpc) is 3.46. The van der Waals surface area contributed by atoms with E-state index in [2.05, 4.69) is 12.2 Å². The number of phenols is 2. The summed E-state index contributed by atoms with van der Waals surface area (Å²) in [7, 11) is 0. The number of aromatic hydroxyl groups is 2. The summed E-state index contributed by atoms with van der Waals surface area (Å²) in [5, 5.41) is 31.8. The first-order valence-electron chi connectivity index (χ1n) is 11.5. The quantitative estimate of drug-likeness (QED) is 0.390. The number of rotatable bonds is 5. The fourth-order valence-corrected chi connectivity index (χ4v) is 7.90. The second kappa shape index (κ2) is 6.27. The second-order valence-corrected chi connectivity index (χ2v) is 11.0. The zero-order chi connectivity index (χ0) is 23.5. The van der Waals surface area contributed by atoms with Gasteiger partial charge in [-0.05, 0) is 50.7 Å². The summed E-state index contributed by atoms with van der Waals surface area (Å²) < 4.78 is 12.4. The van der Waals surface area contributed by atoms with Gasteiger partial charge in [-0.25, -0.2) is 4.79 Å². The lowest BCUT2D eigenvalue weighted by atomic mass is 9.48. The molecule has 4 N–H and O–H groups in total. The number of benzene rings is 1. The molecule has 1 spiro atoms. The van der Waals surface area contributed by atoms with E-state index in [1.807, 2.05) is 6.92 Å². The second-order valence-electron chi connectivity index (χ2n) is 11.0. The Hall–Kier alpha value is -2.65. The molecule has 1 aromatic carbocycles. The van der Waals surface area contributed by atoms with Crippen LogP contribution < -0.4 is 5.32 Å². The highest BCUT2D eigenvalue weighted by Crippen LogP contribution is 2.76. The van der Waals surface area contributed by atoms with Crippen molar-refractivity contribution in [3.05, 3.63) is 17.7 Å². The normalized spacial score (nSPS) is 43.8. The van der Waals surface area contributed by atoms with Gasteiger partial charge in [0.05, 0.1) is 17.8 Å². The standard InChI is InChI=1S/C24H27NO8/c1-22(6-5-14(27)25-15-12(26)4-3-11(16(15)28)21(30)31)18-13-7-10-8-24(18,9-23(10,2)33-13)20-17(32-20)19(22)29/h3-4,10,13,17-18,20,26,28H,5-9H2,1-2H3,(H,25,27)(H,30,31)/t10-,13+,17+,18+,20+,22+,23+,24-/m1/s1. The van der Waals surface area contributed by atoms with Gasteiger partial charge in [0.2, 0.25) is 5.91 Å². The van der Waals surface area contributed by atoms with Gasteiger partial charge in [0, 0.05) is 23.2 Å². The molecule has 0 aromatic heterocycles. The highest BCUT2D eigenvalue weighted by atomic mass is 16.6. The van der Waals surface area contributed by atoms with Gasteiger partial charge in [-0.3, -0.25) is 9.59 Å². The van der Waals surface area contributed by atoms with E-state index in [4.69, 9.17) is 9.47 Å². The van der Waals surface area contributed by atoms with Crippen LogP contribution in [0.15, 0.2) is 12.1 Å². The number of carbonyl (C=O) groups is 3. The van der Waals surface area contributed by atoms with E-state index in [0.29, 0.717) is 5.92 Å². The Labute approximate surface area is 190 Å². The number of nitrogens with one attached hydrogen (secondary N) is 1. The van der Waals surface area contributed by atoms with Crippen LogP contribution in [-0.2, 0) is 19.1 Å². The fourth-order valence-electron chi connectivity index (χ4n) is 7.90. The van der Waals surface area contributed by atoms with Crippen molar-refractivity contribution in [3.8, 4) is 11.5 Å². The molecule has 3 heterocycles. The molecule has 0 unspecified atom stereocenters. The highest BCUT2D eigenvalue weighted by molar-refractivity contribution is 6.00. The van der Waals surface area contributed by atoms with Gasteiger partial charge in [-0.1, -0.05) is 6.92 Å². The van der Waals surface area contributed by atoms with Gasteiger partial charge in [0.25, 0.3) is 0 Å². The van der Waals surface area contributed by atoms with Gasteiger partial charge in [0.15, 0.2) is 11.5 Å². The minimum absolute atomic E-state index is 0.0157. The topological polar surface area (TPSA) is 146 Å². The van der Waals surface area contributed by atoms with Crippen molar-refractivity contribution in [2.45, 2.75) is 69.9 Å². The molecule has 1 aromatic rings. The number of aromatic carboxylic acids is 1. The molecule has 0 radical (unpaired) electrons. The summed E-state index contributed by atoms with van der Waals surface area (Å²) in [4.78, 5) is 37.4. The molecule has 8 atom stereocenters. The van der Waals surface area contributed by atoms with E-state index in [-0.39, 0.29) is 53.5 Å². The van der Waals surface area contributed by atoms with Crippen LogP contribution in [0.5, 0.6) is 11.5 Å². The van der Waals surface area contributed by atoms with Crippen molar-refractivity contribution in [2.24, 2.45) is 22.7 Å². The van der Waals surface area contributed by atoms with Crippen LogP contribution in [0.2, 0.25) is 0 Å². The molecule has 3 aliphatic heterocycles. The summed E-state index contributed by atoms with van der Waals surface area (Å²) in [6.45, 7) is 4.09. The number of fused-ring (bicyclic) bond motifs is 1. The van der Waals surface area contributed by atoms with Crippen LogP contribution in [0.1, 0.15) is 56.3 Å². The molecule has 1 amide bonds. The summed E-state index contributed by atoms with van der Waals surface area (Å²) >= 11 is 0. The lowest BCUT2D eigenvalue weighted by Crippen LogP contribution is -2.61. The third kappa shape index (κ3) is 2.57. The van der Waals surface area contributed by atoms with Crippen molar-refractivity contribution in [1.29, 1.82) is 0 Å². The van der Waals surface area contributed by atoms with E-state index >= 15 is 0 Å². The summed E-state index contributed by atoms with van der Waals surface area (Å²) in [5.41, 5.74) is -1.81. The minimum atomic E-state index is -1.38. The van der Waals surface area contributed by atoms with Crippen molar-refractivity contribution >= 4 is 23.3 Å². The number of anilines is 1. The smallest absolute Gasteiger partial charge is 0.339 e. The number of epoxide rings is 1. The third-order valence-electron chi connectivity index (χ3n) is 9.19. The number of Topliss-reactive ketones (excluding diaryl/α,β-unsaturated/α-hetero) is 1. The number of carboxylic acid groups (broad SMARTS) is 1. The molecular weight excluding hydrogens is 430 g/mol. The fraction of sp³-hybridized carbons (Fsp3) is 0.625. The SMILES string of the molecule is C[C@]12C[C@]34C[C@H]1C[C@H](O2)[C@H]3[C@](C)(CCC(=O)Nc1c(O)ccc(C(=O)O)c1O)C(=O)[C@@H]1O[C@@H]14. The maximum absolute atomic E-state index is 13.4. The largest absolute Gasteiger partial charge is 0.506 e. The number of amides is 1. The molecule has 4 bridgehead atoms. The zero-order valence-electron chi connectivity index (χ0n) is 18.5. The molecule has 9 nitrogen and oxygen atoms in total. The summed E-state index contributed by atoms with van der Waals surface area (Å²) in [5.74, 6) is -2.57. The summed E-state index contributed by atoms with van der Waals surface area (Å²) in [6.07, 6.45) is 2.57. The van der Waals surface area contributed by atoms with Gasteiger partial charge in [0.1, 0.15) is 23.1 Å². The number of hydrogen-bond donors (Lipinski definition) is 4. The lowest BCUT2D eigenvalue weighted by molar-refractivity contribution is -0.186. The Morgan fingerprint density at radius 2 is 2.00 bits per heavy atom. The van der Waals surface area contributed by atoms with Crippen LogP contribution >= 0.6 is 0 Å². The van der Waals surface area contributed by atoms with E-state index in [1.165, 1.54) is 0 Å². The number of ether oxygens (including phenoxy) is 2. The monoisotopic (exact) mass is 457 g/mol. The van der Waals surface area contributed by atoms with Gasteiger partial charge >= 0.3 is 5.97 Å². The van der Waals surface area contributed by atoms with Crippen LogP contribution in [-0.4, -0.2) is 56.9 Å². The van der Waals surface area contributed by atoms with E-state index in [9.17, 15) is 29.7 Å². The Morgan fingerprint density at radius 3 is 2.70 bits per heavy atom. The van der Waals surface area contributed by atoms with Gasteiger partial charge in [-0.15, -0.1) is 0 Å². The van der Waals surface area contributed by atoms with Crippen molar-refractivity contribution in [3.63, 3.8) is 0 Å². The molecule has 7 rings (SSSR count). The molecule has 3 aliphatic carbocycles. The van der Waals surface area contributed by atoms with E-state index in [0.717, 1.165) is 31.4 Å². The number of carboxylic acids is 1. The maximum Gasteiger partial charge on any atom is 0.339 e. The van der Waals surface area contributed by atoms with Crippen molar-refractivity contribution in [2.75, 3.05) is 5.32 Å². The van der Waals surface area contributed by atoms with Gasteiger partial charge < -0.3 is 30.1 Å². The molecule has 3 saturated heterocycles. The highest BCUT2D eigenvalue weighted by Gasteiger charge is 2.81. The molecule has 6 aliphatic rings. The van der Waals surface area contributed by atoms with Crippen molar-refractivity contribution < 1.29 is 39.2 Å². The van der Waals surface area contributed by atoms with Crippen LogP contribution in [0.25, 0.3) is 0 Å². The van der Waals surface area contributed by atoms with Crippen molar-refractivity contribution in [1.82, 2.24) is 0 Å². The number of carbonyl (C=O) groups excluding carboxylic acids is 2. The van der Waals surface area contributed by atoms with Crippen LogP contribution in [0.3, 0.4) is 0 Å². The first kappa shape index (κ1) is 20.9. The third-order valence-corrected chi connectivity index (χ3v) is 9.19. The minimum Gasteiger partial charge on any atom is -0.506 e. The molecule has 9 heteroatoms. The van der Waals surface area contributed by atoms with E-state index in [1.54, 1.807) is 0 Å². The predicted octanol–water partition coefficient (Wildman–Crippen LogP) is 2.44. The maximum atomic E-state index is 13.4. The Morgan fingerprint density at radius 1 is 1.24 bits per heavy atom. The zero-order valence-corrected chi connectivity index (χ0v) is 18.5. The van der Waals surface area contributed by atoms with Crippen LogP contribution in [0, 0.1) is 22.7 Å². The molecular formula is C24H27NO8. The first-order chi connectivity index (χ1) is 15.5. The molecule has 33 heavy (non-hydrogen) atoms. The first-order valence-corrected chi connectivity index (χ1v) is 11.5. The summed E-state index contributed by atoms with van der Waals surface area (Å²) in [6, 6.07) is 2.16. The van der Waals surface area contributed by atoms with E-state index < -0.39 is 40.5 Å². The Kier molecular flexibility index (Phi) is 3.97. The average molecular weight is 457 g/mol. The molecule has 6 fully saturated rings. The number of phenolic OH excluding ortho intramolecular Hbond substituents is 1. The Balaban J connectivity index is 1.24. The molecule has 3 saturated carbocycles. The predicted molar refractivity (Wildman–Crippen MR) is 113 cm³/mol. The van der Waals surface area contributed by atoms with Gasteiger partial charge in [-0.2, -0.15) is 0 Å². The Bertz CT molecular complexity index is 1120. The lowest BCUT2D eigenvalue weighted by Gasteiger charge is -2.56. The number of hydrogen-bond acceptors (Lipinski definition) is 7.